The minimum Gasteiger partial charge on any atom is -0.484 e. The Morgan fingerprint density at radius 3 is 2.80 bits per heavy atom. The first-order valence-electron chi connectivity index (χ1n) is 5.99. The van der Waals surface area contributed by atoms with Gasteiger partial charge in [0.1, 0.15) is 17.7 Å². The molecule has 0 saturated carbocycles. The smallest absolute Gasteiger partial charge is 0.170 e. The monoisotopic (exact) mass is 354 g/mol. The standard InChI is InChI=1S/C15H9BrClFO2/c16-8-1-3-10(12(17)5-8)15-7-13(19)11-4-2-9(18)6-14(11)20-15/h1-6,15H,7H2. The van der Waals surface area contributed by atoms with Gasteiger partial charge in [0.25, 0.3) is 0 Å². The van der Waals surface area contributed by atoms with Crippen molar-refractivity contribution < 1.29 is 13.9 Å². The fourth-order valence-electron chi connectivity index (χ4n) is 2.23. The van der Waals surface area contributed by atoms with E-state index in [1.807, 2.05) is 6.07 Å². The van der Waals surface area contributed by atoms with Crippen molar-refractivity contribution in [1.29, 1.82) is 0 Å². The molecule has 0 spiro atoms. The van der Waals surface area contributed by atoms with Crippen molar-refractivity contribution in [2.24, 2.45) is 0 Å². The molecule has 0 aromatic heterocycles. The summed E-state index contributed by atoms with van der Waals surface area (Å²) < 4.78 is 19.8. The Hall–Kier alpha value is -1.39. The molecule has 1 heterocycles. The van der Waals surface area contributed by atoms with E-state index in [2.05, 4.69) is 15.9 Å². The lowest BCUT2D eigenvalue weighted by atomic mass is 9.96. The van der Waals surface area contributed by atoms with Crippen LogP contribution in [-0.4, -0.2) is 5.78 Å². The predicted octanol–water partition coefficient (Wildman–Crippen LogP) is 4.95. The molecule has 20 heavy (non-hydrogen) atoms. The van der Waals surface area contributed by atoms with E-state index in [-0.39, 0.29) is 18.0 Å². The van der Waals surface area contributed by atoms with Crippen molar-refractivity contribution >= 4 is 33.3 Å². The molecule has 1 aliphatic rings. The quantitative estimate of drug-likeness (QED) is 0.723. The molecular weight excluding hydrogens is 347 g/mol. The number of halogens is 3. The fourth-order valence-corrected chi connectivity index (χ4v) is 3.03. The number of benzene rings is 2. The van der Waals surface area contributed by atoms with Crippen LogP contribution in [-0.2, 0) is 0 Å². The average molecular weight is 356 g/mol. The number of fused-ring (bicyclic) bond motifs is 1. The van der Waals surface area contributed by atoms with Gasteiger partial charge in [-0.05, 0) is 24.3 Å². The van der Waals surface area contributed by atoms with E-state index in [4.69, 9.17) is 16.3 Å². The van der Waals surface area contributed by atoms with E-state index in [0.717, 1.165) is 10.0 Å². The molecule has 0 saturated heterocycles. The molecule has 0 N–H and O–H groups in total. The minimum absolute atomic E-state index is 0.0739. The molecule has 2 aromatic carbocycles. The number of hydrogen-bond acceptors (Lipinski definition) is 2. The molecule has 1 aliphatic heterocycles. The zero-order chi connectivity index (χ0) is 14.3. The van der Waals surface area contributed by atoms with Crippen LogP contribution in [0.2, 0.25) is 5.02 Å². The summed E-state index contributed by atoms with van der Waals surface area (Å²) >= 11 is 9.50. The third-order valence-corrected chi connectivity index (χ3v) is 4.01. The van der Waals surface area contributed by atoms with Gasteiger partial charge in [-0.3, -0.25) is 4.79 Å². The SMILES string of the molecule is O=C1CC(c2ccc(Br)cc2Cl)Oc2cc(F)ccc21. The number of ketones is 1. The van der Waals surface area contributed by atoms with Crippen molar-refractivity contribution in [3.63, 3.8) is 0 Å². The normalized spacial score (nSPS) is 17.6. The summed E-state index contributed by atoms with van der Waals surface area (Å²) in [5, 5.41) is 0.511. The van der Waals surface area contributed by atoms with Gasteiger partial charge < -0.3 is 4.74 Å². The number of rotatable bonds is 1. The molecule has 0 bridgehead atoms. The molecule has 3 rings (SSSR count). The van der Waals surface area contributed by atoms with E-state index >= 15 is 0 Å². The Morgan fingerprint density at radius 2 is 2.05 bits per heavy atom. The van der Waals surface area contributed by atoms with Crippen LogP contribution in [0.5, 0.6) is 5.75 Å². The second kappa shape index (κ2) is 5.19. The zero-order valence-electron chi connectivity index (χ0n) is 10.2. The topological polar surface area (TPSA) is 26.3 Å². The van der Waals surface area contributed by atoms with Crippen LogP contribution in [0.1, 0.15) is 28.4 Å². The van der Waals surface area contributed by atoms with Gasteiger partial charge in [-0.2, -0.15) is 0 Å². The third kappa shape index (κ3) is 2.45. The molecule has 0 aliphatic carbocycles. The molecule has 0 amide bonds. The first kappa shape index (κ1) is 13.6. The van der Waals surface area contributed by atoms with Gasteiger partial charge in [-0.25, -0.2) is 4.39 Å². The lowest BCUT2D eigenvalue weighted by molar-refractivity contribution is 0.0849. The molecule has 102 valence electrons. The number of ether oxygens (including phenoxy) is 1. The van der Waals surface area contributed by atoms with Gasteiger partial charge in [0.05, 0.1) is 12.0 Å². The summed E-state index contributed by atoms with van der Waals surface area (Å²) in [6.07, 6.45) is -0.294. The lowest BCUT2D eigenvalue weighted by Gasteiger charge is -2.26. The Labute approximate surface area is 128 Å². The molecule has 1 atom stereocenters. The Balaban J connectivity index is 2.00. The second-order valence-corrected chi connectivity index (χ2v) is 5.86. The Bertz CT molecular complexity index is 702. The van der Waals surface area contributed by atoms with Crippen LogP contribution in [0.4, 0.5) is 4.39 Å². The van der Waals surface area contributed by atoms with Crippen molar-refractivity contribution in [1.82, 2.24) is 0 Å². The van der Waals surface area contributed by atoms with Gasteiger partial charge in [0.15, 0.2) is 5.78 Å². The van der Waals surface area contributed by atoms with Crippen molar-refractivity contribution in [2.75, 3.05) is 0 Å². The van der Waals surface area contributed by atoms with Crippen LogP contribution >= 0.6 is 27.5 Å². The fraction of sp³-hybridized carbons (Fsp3) is 0.133. The van der Waals surface area contributed by atoms with Gasteiger partial charge in [0.2, 0.25) is 0 Å². The summed E-state index contributed by atoms with van der Waals surface area (Å²) in [5.74, 6) is -0.237. The number of hydrogen-bond donors (Lipinski definition) is 0. The Kier molecular flexibility index (Phi) is 3.52. The number of carbonyl (C=O) groups excluding carboxylic acids is 1. The first-order valence-corrected chi connectivity index (χ1v) is 7.16. The molecular formula is C15H9BrClFO2. The predicted molar refractivity (Wildman–Crippen MR) is 77.9 cm³/mol. The van der Waals surface area contributed by atoms with Crippen LogP contribution < -0.4 is 4.74 Å². The first-order chi connectivity index (χ1) is 9.54. The van der Waals surface area contributed by atoms with Gasteiger partial charge in [-0.15, -0.1) is 0 Å². The van der Waals surface area contributed by atoms with Crippen molar-refractivity contribution in [2.45, 2.75) is 12.5 Å². The van der Waals surface area contributed by atoms with Crippen LogP contribution in [0, 0.1) is 5.82 Å². The highest BCUT2D eigenvalue weighted by molar-refractivity contribution is 9.10. The summed E-state index contributed by atoms with van der Waals surface area (Å²) in [6, 6.07) is 9.31. The number of carbonyl (C=O) groups is 1. The molecule has 2 nitrogen and oxygen atoms in total. The number of Topliss-reactive ketones (excluding diaryl/α,β-unsaturated/α-hetero) is 1. The van der Waals surface area contributed by atoms with Crippen LogP contribution in [0.15, 0.2) is 40.9 Å². The maximum Gasteiger partial charge on any atom is 0.170 e. The second-order valence-electron chi connectivity index (χ2n) is 4.54. The summed E-state index contributed by atoms with van der Waals surface area (Å²) in [6.45, 7) is 0. The molecule has 0 radical (unpaired) electrons. The zero-order valence-corrected chi connectivity index (χ0v) is 12.5. The maximum atomic E-state index is 13.3. The Morgan fingerprint density at radius 1 is 1.25 bits per heavy atom. The van der Waals surface area contributed by atoms with Crippen LogP contribution in [0.3, 0.4) is 0 Å². The molecule has 0 fully saturated rings. The lowest BCUT2D eigenvalue weighted by Crippen LogP contribution is -2.20. The largest absolute Gasteiger partial charge is 0.484 e. The van der Waals surface area contributed by atoms with E-state index in [9.17, 15) is 9.18 Å². The van der Waals surface area contributed by atoms with E-state index in [0.29, 0.717) is 10.6 Å². The highest BCUT2D eigenvalue weighted by Crippen LogP contribution is 2.38. The summed E-state index contributed by atoms with van der Waals surface area (Å²) in [7, 11) is 0. The molecule has 2 aromatic rings. The van der Waals surface area contributed by atoms with Crippen LogP contribution in [0.25, 0.3) is 0 Å². The van der Waals surface area contributed by atoms with Crippen molar-refractivity contribution in [3.05, 3.63) is 62.8 Å². The van der Waals surface area contributed by atoms with Crippen molar-refractivity contribution in [3.8, 4) is 5.75 Å². The molecule has 1 unspecified atom stereocenters. The summed E-state index contributed by atoms with van der Waals surface area (Å²) in [4.78, 5) is 12.1. The van der Waals surface area contributed by atoms with E-state index < -0.39 is 11.9 Å². The average Bonchev–Trinajstić information content (AvgIpc) is 2.37. The van der Waals surface area contributed by atoms with Gasteiger partial charge in [-0.1, -0.05) is 33.6 Å². The van der Waals surface area contributed by atoms with E-state index in [1.54, 1.807) is 12.1 Å². The van der Waals surface area contributed by atoms with Gasteiger partial charge >= 0.3 is 0 Å². The maximum absolute atomic E-state index is 13.3. The highest BCUT2D eigenvalue weighted by Gasteiger charge is 2.29. The van der Waals surface area contributed by atoms with E-state index in [1.165, 1.54) is 18.2 Å². The molecule has 5 heteroatoms. The highest BCUT2D eigenvalue weighted by atomic mass is 79.9. The third-order valence-electron chi connectivity index (χ3n) is 3.19. The summed E-state index contributed by atoms with van der Waals surface area (Å²) in [5.41, 5.74) is 1.13. The minimum atomic E-state index is -0.489. The van der Waals surface area contributed by atoms with Gasteiger partial charge in [0, 0.05) is 21.1 Å².